The van der Waals surface area contributed by atoms with Gasteiger partial charge in [0.05, 0.1) is 40.0 Å². The molecule has 1 unspecified atom stereocenters. The number of nitriles is 1. The summed E-state index contributed by atoms with van der Waals surface area (Å²) in [7, 11) is 0. The van der Waals surface area contributed by atoms with Gasteiger partial charge in [0, 0.05) is 32.6 Å². The van der Waals surface area contributed by atoms with E-state index in [0.29, 0.717) is 30.1 Å². The maximum absolute atomic E-state index is 11.8. The molecule has 0 saturated carbocycles. The summed E-state index contributed by atoms with van der Waals surface area (Å²) < 4.78 is 0. The molecule has 0 radical (unpaired) electrons. The van der Waals surface area contributed by atoms with Crippen molar-refractivity contribution in [2.75, 3.05) is 41.3 Å². The molecule has 2 aliphatic heterocycles. The highest BCUT2D eigenvalue weighted by Gasteiger charge is 2.29. The monoisotopic (exact) mass is 526 g/mol. The molecule has 0 bridgehead atoms. The molecule has 1 atom stereocenters. The van der Waals surface area contributed by atoms with Gasteiger partial charge in [0.1, 0.15) is 6.07 Å². The van der Waals surface area contributed by atoms with Crippen LogP contribution in [0.15, 0.2) is 42.5 Å². The zero-order chi connectivity index (χ0) is 26.8. The Morgan fingerprint density at radius 3 is 2.30 bits per heavy atom. The van der Waals surface area contributed by atoms with Gasteiger partial charge in [-0.2, -0.15) is 5.26 Å². The number of rotatable bonds is 7. The largest absolute Gasteiger partial charge is 0.481 e. The number of carbonyl (C=O) groups is 3. The molecule has 196 valence electrons. The van der Waals surface area contributed by atoms with Crippen LogP contribution in [0.1, 0.15) is 44.1 Å². The Hall–Kier alpha value is -3.77. The number of carboxylic acids is 2. The number of aliphatic carboxylic acids is 2. The number of para-hydroxylation sites is 2. The third kappa shape index (κ3) is 7.86. The summed E-state index contributed by atoms with van der Waals surface area (Å²) in [5.74, 6) is -2.35. The molecule has 4 rings (SSSR count). The molecular weight excluding hydrogens is 496 g/mol. The van der Waals surface area contributed by atoms with Crippen LogP contribution in [0.25, 0.3) is 0 Å². The molecule has 37 heavy (non-hydrogen) atoms. The molecule has 2 fully saturated rings. The Labute approximate surface area is 221 Å². The number of amides is 1. The number of carboxylic acid groups (broad SMARTS) is 2. The van der Waals surface area contributed by atoms with Crippen LogP contribution >= 0.6 is 11.6 Å². The molecule has 10 heteroatoms. The van der Waals surface area contributed by atoms with Gasteiger partial charge in [0.2, 0.25) is 5.91 Å². The zero-order valence-corrected chi connectivity index (χ0v) is 21.3. The van der Waals surface area contributed by atoms with E-state index in [1.807, 2.05) is 29.2 Å². The Balaban J connectivity index is 0.000000208. The second-order valence-electron chi connectivity index (χ2n) is 9.02. The van der Waals surface area contributed by atoms with Gasteiger partial charge in [-0.05, 0) is 49.9 Å². The molecule has 2 aromatic rings. The van der Waals surface area contributed by atoms with Crippen LogP contribution in [0.5, 0.6) is 0 Å². The first kappa shape index (κ1) is 27.8. The fraction of sp³-hybridized carbons (Fsp3) is 0.407. The standard InChI is InChI=1S/C15H20N2O3.C12H11ClN2O2/c18-14(8-9-15(19)20)16-12-6-2-3-7-13(12)17-10-4-1-5-11-17;13-10-2-1-3-11(9(10)6-14)15-5-4-8(7-15)12(16)17/h2-3,6-7H,1,4-5,8-11H2,(H,16,18)(H,19,20);1-3,8H,4-5,7H2,(H,16,17). The van der Waals surface area contributed by atoms with Crippen LogP contribution in [0.2, 0.25) is 5.02 Å². The Morgan fingerprint density at radius 1 is 0.946 bits per heavy atom. The first-order valence-electron chi connectivity index (χ1n) is 12.3. The summed E-state index contributed by atoms with van der Waals surface area (Å²) in [4.78, 5) is 37.3. The van der Waals surface area contributed by atoms with E-state index >= 15 is 0 Å². The molecule has 0 aromatic heterocycles. The van der Waals surface area contributed by atoms with Crippen molar-refractivity contribution in [3.05, 3.63) is 53.1 Å². The van der Waals surface area contributed by atoms with E-state index in [2.05, 4.69) is 16.3 Å². The molecular formula is C27H31ClN4O5. The van der Waals surface area contributed by atoms with Crippen molar-refractivity contribution < 1.29 is 24.6 Å². The number of benzene rings is 2. The zero-order valence-electron chi connectivity index (χ0n) is 20.5. The fourth-order valence-electron chi connectivity index (χ4n) is 4.49. The SMILES string of the molecule is N#Cc1c(Cl)cccc1N1CCC(C(=O)O)C1.O=C(O)CCC(=O)Nc1ccccc1N1CCCCC1. The first-order valence-corrected chi connectivity index (χ1v) is 12.7. The fourth-order valence-corrected chi connectivity index (χ4v) is 4.70. The third-order valence-corrected chi connectivity index (χ3v) is 6.74. The van der Waals surface area contributed by atoms with Crippen molar-refractivity contribution in [2.24, 2.45) is 5.92 Å². The van der Waals surface area contributed by atoms with Gasteiger partial charge in [0.25, 0.3) is 0 Å². The average molecular weight is 527 g/mol. The van der Waals surface area contributed by atoms with Crippen LogP contribution in [0.4, 0.5) is 17.1 Å². The number of halogens is 1. The lowest BCUT2D eigenvalue weighted by Crippen LogP contribution is -2.30. The summed E-state index contributed by atoms with van der Waals surface area (Å²) in [6, 6.07) is 15.0. The van der Waals surface area contributed by atoms with Crippen molar-refractivity contribution >= 4 is 46.5 Å². The average Bonchev–Trinajstić information content (AvgIpc) is 3.39. The Morgan fingerprint density at radius 2 is 1.65 bits per heavy atom. The van der Waals surface area contributed by atoms with Crippen molar-refractivity contribution in [1.29, 1.82) is 5.26 Å². The van der Waals surface area contributed by atoms with E-state index in [1.165, 1.54) is 19.3 Å². The quantitative estimate of drug-likeness (QED) is 0.476. The van der Waals surface area contributed by atoms with Crippen LogP contribution in [-0.4, -0.2) is 54.2 Å². The lowest BCUT2D eigenvalue weighted by atomic mass is 10.1. The molecule has 9 nitrogen and oxygen atoms in total. The number of hydrogen-bond acceptors (Lipinski definition) is 6. The van der Waals surface area contributed by atoms with E-state index < -0.39 is 11.9 Å². The second-order valence-corrected chi connectivity index (χ2v) is 9.43. The minimum absolute atomic E-state index is 0.00364. The lowest BCUT2D eigenvalue weighted by Gasteiger charge is -2.30. The lowest BCUT2D eigenvalue weighted by molar-refractivity contribution is -0.141. The van der Waals surface area contributed by atoms with Gasteiger partial charge < -0.3 is 25.3 Å². The maximum Gasteiger partial charge on any atom is 0.308 e. The Bertz CT molecular complexity index is 1160. The number of carbonyl (C=O) groups excluding carboxylic acids is 1. The highest BCUT2D eigenvalue weighted by Crippen LogP contribution is 2.31. The first-order chi connectivity index (χ1) is 17.8. The molecule has 0 aliphatic carbocycles. The van der Waals surface area contributed by atoms with Crippen molar-refractivity contribution in [2.45, 2.75) is 38.5 Å². The normalized spacial score (nSPS) is 16.8. The van der Waals surface area contributed by atoms with E-state index in [1.54, 1.807) is 18.2 Å². The number of nitrogens with zero attached hydrogens (tertiary/aromatic N) is 3. The number of nitrogens with one attached hydrogen (secondary N) is 1. The van der Waals surface area contributed by atoms with Gasteiger partial charge in [0.15, 0.2) is 0 Å². The van der Waals surface area contributed by atoms with Gasteiger partial charge in [-0.15, -0.1) is 0 Å². The summed E-state index contributed by atoms with van der Waals surface area (Å²) in [6.45, 7) is 3.08. The van der Waals surface area contributed by atoms with Crippen molar-refractivity contribution in [3.63, 3.8) is 0 Å². The van der Waals surface area contributed by atoms with Crippen molar-refractivity contribution in [3.8, 4) is 6.07 Å². The molecule has 2 saturated heterocycles. The van der Waals surface area contributed by atoms with Gasteiger partial charge >= 0.3 is 11.9 Å². The maximum atomic E-state index is 11.8. The van der Waals surface area contributed by atoms with Gasteiger partial charge in [-0.1, -0.05) is 29.8 Å². The number of hydrogen-bond donors (Lipinski definition) is 3. The summed E-state index contributed by atoms with van der Waals surface area (Å²) in [5, 5.41) is 29.8. The van der Waals surface area contributed by atoms with Crippen LogP contribution < -0.4 is 15.1 Å². The second kappa shape index (κ2) is 13.5. The van der Waals surface area contributed by atoms with Gasteiger partial charge in [-0.25, -0.2) is 0 Å². The van der Waals surface area contributed by atoms with Crippen LogP contribution in [-0.2, 0) is 14.4 Å². The number of anilines is 3. The molecule has 3 N–H and O–H groups in total. The molecule has 2 aromatic carbocycles. The van der Waals surface area contributed by atoms with E-state index in [4.69, 9.17) is 27.1 Å². The minimum atomic E-state index is -0.954. The molecule has 2 heterocycles. The third-order valence-electron chi connectivity index (χ3n) is 6.42. The predicted molar refractivity (Wildman–Crippen MR) is 142 cm³/mol. The predicted octanol–water partition coefficient (Wildman–Crippen LogP) is 4.60. The minimum Gasteiger partial charge on any atom is -0.481 e. The topological polar surface area (TPSA) is 134 Å². The van der Waals surface area contributed by atoms with Crippen LogP contribution in [0, 0.1) is 17.2 Å². The van der Waals surface area contributed by atoms with Crippen LogP contribution in [0.3, 0.4) is 0 Å². The summed E-state index contributed by atoms with van der Waals surface area (Å²) >= 11 is 5.94. The van der Waals surface area contributed by atoms with E-state index in [0.717, 1.165) is 30.2 Å². The highest BCUT2D eigenvalue weighted by molar-refractivity contribution is 6.32. The van der Waals surface area contributed by atoms with Crippen molar-refractivity contribution in [1.82, 2.24) is 0 Å². The highest BCUT2D eigenvalue weighted by atomic mass is 35.5. The van der Waals surface area contributed by atoms with E-state index in [-0.39, 0.29) is 24.7 Å². The van der Waals surface area contributed by atoms with Gasteiger partial charge in [-0.3, -0.25) is 14.4 Å². The van der Waals surface area contributed by atoms with E-state index in [9.17, 15) is 14.4 Å². The number of piperidine rings is 1. The summed E-state index contributed by atoms with van der Waals surface area (Å²) in [6.07, 6.45) is 4.06. The molecule has 0 spiro atoms. The molecule has 1 amide bonds. The Kier molecular flexibility index (Phi) is 10.2. The smallest absolute Gasteiger partial charge is 0.308 e. The summed E-state index contributed by atoms with van der Waals surface area (Å²) in [5.41, 5.74) is 2.93. The molecule has 2 aliphatic rings.